The lowest BCUT2D eigenvalue weighted by molar-refractivity contribution is -0.152. The van der Waals surface area contributed by atoms with Crippen molar-refractivity contribution in [2.45, 2.75) is 152 Å². The Morgan fingerprint density at radius 2 is 1.46 bits per heavy atom. The summed E-state index contributed by atoms with van der Waals surface area (Å²) in [6.45, 7) is 8.58. The molecule has 63 heavy (non-hydrogen) atoms. The first-order valence-electron chi connectivity index (χ1n) is 23.4. The molecule has 5 amide bonds. The number of ether oxygens (including phenoxy) is 1. The predicted octanol–water partition coefficient (Wildman–Crippen LogP) is 3.30. The van der Waals surface area contributed by atoms with Gasteiger partial charge in [-0.05, 0) is 106 Å². The van der Waals surface area contributed by atoms with Gasteiger partial charge in [-0.15, -0.1) is 6.58 Å². The second-order valence-corrected chi connectivity index (χ2v) is 22.1. The second kappa shape index (κ2) is 17.2. The van der Waals surface area contributed by atoms with E-state index in [0.29, 0.717) is 64.6 Å². The molecule has 8 fully saturated rings. The Morgan fingerprint density at radius 1 is 0.794 bits per heavy atom. The Kier molecular flexibility index (Phi) is 12.6. The van der Waals surface area contributed by atoms with Crippen LogP contribution in [0.15, 0.2) is 12.7 Å². The summed E-state index contributed by atoms with van der Waals surface area (Å²) < 4.78 is 76.0. The van der Waals surface area contributed by atoms with Gasteiger partial charge in [0.05, 0.1) is 12.6 Å². The number of alkyl halides is 3. The number of nitrogens with zero attached hydrogens (tertiary/aromatic N) is 3. The first-order chi connectivity index (χ1) is 29.8. The molecule has 15 nitrogen and oxygen atoms in total. The zero-order valence-corrected chi connectivity index (χ0v) is 37.6. The molecule has 0 aromatic carbocycles. The zero-order chi connectivity index (χ0) is 45.2. The van der Waals surface area contributed by atoms with Gasteiger partial charge in [0.1, 0.15) is 23.7 Å². The van der Waals surface area contributed by atoms with E-state index in [-0.39, 0.29) is 61.7 Å². The quantitative estimate of drug-likeness (QED) is 0.190. The van der Waals surface area contributed by atoms with Gasteiger partial charge in [-0.25, -0.2) is 4.72 Å². The number of rotatable bonds is 14. The van der Waals surface area contributed by atoms with Crippen LogP contribution in [0.25, 0.3) is 0 Å². The van der Waals surface area contributed by atoms with Crippen LogP contribution in [-0.2, 0) is 38.9 Å². The fraction of sp³-hybridized carbons (Fsp3) is 0.841. The molecule has 4 aliphatic carbocycles. The molecule has 0 radical (unpaired) electrons. The van der Waals surface area contributed by atoms with E-state index >= 15 is 4.79 Å². The minimum Gasteiger partial charge on any atom is -0.381 e. The largest absolute Gasteiger partial charge is 0.401 e. The predicted molar refractivity (Wildman–Crippen MR) is 224 cm³/mol. The maximum absolute atomic E-state index is 15.4. The highest BCUT2D eigenvalue weighted by Crippen LogP contribution is 2.88. The molecule has 4 aliphatic heterocycles. The molecule has 19 heteroatoms. The standard InChI is InChI=1S/C44H66F3N7O8S/c1-4-30-24-43(30,39(59)51-63(60,61)53-20-8-9-21-53)50-36(56)32-25-42(40(2,3)41(42)17-11-18-41)26-54(32)38(58)34(29-15-22-62-23-16-29)49-37(57)33(28-12-6-5-7-13-28)48-35(55)31-14-10-19-52(31)27-44(45,46)47/h4,28-34H,1,5-27H2,2-3H3,(H,48,55)(H,49,57)(H,50,56)(H,51,59)/t30-,31+,32+,33?,34+,42-,43-/m1/s1. The molecule has 8 aliphatic rings. The van der Waals surface area contributed by atoms with Crippen LogP contribution in [0, 0.1) is 34.0 Å². The summed E-state index contributed by atoms with van der Waals surface area (Å²) in [4.78, 5) is 75.4. The van der Waals surface area contributed by atoms with Crippen molar-refractivity contribution in [2.75, 3.05) is 45.9 Å². The summed E-state index contributed by atoms with van der Waals surface area (Å²) in [6, 6.07) is -4.30. The van der Waals surface area contributed by atoms with E-state index in [0.717, 1.165) is 43.4 Å². The smallest absolute Gasteiger partial charge is 0.381 e. The van der Waals surface area contributed by atoms with E-state index in [1.54, 1.807) is 4.90 Å². The van der Waals surface area contributed by atoms with Crippen LogP contribution in [0.3, 0.4) is 0 Å². The third-order valence-electron chi connectivity index (χ3n) is 17.1. The van der Waals surface area contributed by atoms with Crippen LogP contribution >= 0.6 is 0 Å². The fourth-order valence-corrected chi connectivity index (χ4v) is 14.4. The van der Waals surface area contributed by atoms with Gasteiger partial charge in [0, 0.05) is 44.2 Å². The summed E-state index contributed by atoms with van der Waals surface area (Å²) in [6.07, 6.45) is 7.09. The van der Waals surface area contributed by atoms with Gasteiger partial charge in [-0.1, -0.05) is 45.6 Å². The number of hydrogen-bond donors (Lipinski definition) is 4. The van der Waals surface area contributed by atoms with Crippen molar-refractivity contribution in [3.05, 3.63) is 12.7 Å². The number of carbonyl (C=O) groups excluding carboxylic acids is 5. The van der Waals surface area contributed by atoms with Gasteiger partial charge in [0.15, 0.2) is 0 Å². The molecular weight excluding hydrogens is 844 g/mol. The molecule has 2 spiro atoms. The highest BCUT2D eigenvalue weighted by Gasteiger charge is 2.85. The molecule has 4 heterocycles. The number of fused-ring (bicyclic) bond motifs is 1. The van der Waals surface area contributed by atoms with Crippen molar-refractivity contribution < 1.29 is 50.3 Å². The summed E-state index contributed by atoms with van der Waals surface area (Å²) in [5.41, 5.74) is -2.32. The van der Waals surface area contributed by atoms with E-state index in [1.165, 1.54) is 10.4 Å². The van der Waals surface area contributed by atoms with Crippen LogP contribution < -0.4 is 20.7 Å². The minimum absolute atomic E-state index is 0.0936. The first-order valence-corrected chi connectivity index (χ1v) is 24.8. The van der Waals surface area contributed by atoms with E-state index in [9.17, 15) is 40.8 Å². The summed E-state index contributed by atoms with van der Waals surface area (Å²) >= 11 is 0. The maximum atomic E-state index is 15.4. The van der Waals surface area contributed by atoms with Crippen LogP contribution in [0.5, 0.6) is 0 Å². The van der Waals surface area contributed by atoms with Crippen molar-refractivity contribution in [1.29, 1.82) is 0 Å². The molecule has 352 valence electrons. The number of carbonyl (C=O) groups is 5. The third-order valence-corrected chi connectivity index (χ3v) is 18.6. The molecule has 8 rings (SSSR count). The molecule has 4 N–H and O–H groups in total. The topological polar surface area (TPSA) is 187 Å². The lowest BCUT2D eigenvalue weighted by atomic mass is 9.73. The summed E-state index contributed by atoms with van der Waals surface area (Å²) in [5, 5.41) is 8.85. The monoisotopic (exact) mass is 909 g/mol. The Balaban J connectivity index is 1.07. The van der Waals surface area contributed by atoms with Crippen molar-refractivity contribution >= 4 is 39.7 Å². The Hall–Kier alpha value is -3.29. The second-order valence-electron chi connectivity index (χ2n) is 20.4. The summed E-state index contributed by atoms with van der Waals surface area (Å²) in [7, 11) is -4.16. The maximum Gasteiger partial charge on any atom is 0.401 e. The normalized spacial score (nSPS) is 33.0. The molecular formula is C44H66F3N7O8S. The van der Waals surface area contributed by atoms with Crippen LogP contribution in [0.2, 0.25) is 0 Å². The highest BCUT2D eigenvalue weighted by molar-refractivity contribution is 7.87. The van der Waals surface area contributed by atoms with Gasteiger partial charge in [-0.3, -0.25) is 28.9 Å². The lowest BCUT2D eigenvalue weighted by Crippen LogP contribution is -2.62. The molecule has 0 aromatic heterocycles. The molecule has 7 atom stereocenters. The van der Waals surface area contributed by atoms with E-state index in [4.69, 9.17) is 4.74 Å². The average molecular weight is 910 g/mol. The van der Waals surface area contributed by atoms with Gasteiger partial charge >= 0.3 is 16.4 Å². The zero-order valence-electron chi connectivity index (χ0n) is 36.7. The van der Waals surface area contributed by atoms with Gasteiger partial charge in [0.2, 0.25) is 23.6 Å². The minimum atomic E-state index is -4.50. The average Bonchev–Trinajstić information content (AvgIpc) is 3.62. The van der Waals surface area contributed by atoms with Crippen LogP contribution in [0.1, 0.15) is 117 Å². The molecule has 4 saturated carbocycles. The first kappa shape index (κ1) is 46.2. The molecule has 1 unspecified atom stereocenters. The fourth-order valence-electron chi connectivity index (χ4n) is 13.1. The molecule has 0 bridgehead atoms. The lowest BCUT2D eigenvalue weighted by Gasteiger charge is -2.37. The van der Waals surface area contributed by atoms with E-state index in [2.05, 4.69) is 41.1 Å². The van der Waals surface area contributed by atoms with E-state index in [1.807, 2.05) is 0 Å². The van der Waals surface area contributed by atoms with E-state index < -0.39 is 93.5 Å². The Labute approximate surface area is 368 Å². The van der Waals surface area contributed by atoms with Crippen molar-refractivity contribution in [3.63, 3.8) is 0 Å². The van der Waals surface area contributed by atoms with Crippen LogP contribution in [-0.4, -0.2) is 134 Å². The Morgan fingerprint density at radius 3 is 2.05 bits per heavy atom. The van der Waals surface area contributed by atoms with Crippen molar-refractivity contribution in [2.24, 2.45) is 34.0 Å². The van der Waals surface area contributed by atoms with Crippen molar-refractivity contribution in [1.82, 2.24) is 34.8 Å². The number of hydrogen-bond acceptors (Lipinski definition) is 9. The molecule has 0 aromatic rings. The number of halogens is 3. The highest BCUT2D eigenvalue weighted by atomic mass is 32.2. The number of amides is 5. The van der Waals surface area contributed by atoms with Crippen LogP contribution in [0.4, 0.5) is 13.2 Å². The van der Waals surface area contributed by atoms with Gasteiger partial charge in [-0.2, -0.15) is 25.9 Å². The third kappa shape index (κ3) is 8.31. The number of likely N-dealkylation sites (tertiary alicyclic amines) is 2. The van der Waals surface area contributed by atoms with Gasteiger partial charge < -0.3 is 25.6 Å². The van der Waals surface area contributed by atoms with Crippen molar-refractivity contribution in [3.8, 4) is 0 Å². The summed E-state index contributed by atoms with van der Waals surface area (Å²) in [5.74, 6) is -4.35. The number of nitrogens with one attached hydrogen (secondary N) is 4. The van der Waals surface area contributed by atoms with Gasteiger partial charge in [0.25, 0.3) is 5.91 Å². The Bertz CT molecular complexity index is 1930. The molecule has 4 saturated heterocycles. The SMILES string of the molecule is C=C[C@@H]1C[C@]1(NC(=O)[C@@H]1C[C@@]2(CN1C(=O)[C@@H](NC(=O)C(NC(=O)[C@@H]1CCCN1CC(F)(F)F)C1CCCCC1)C1CCOCC1)C(C)(C)C21CCC1)C(=O)NS(=O)(=O)N1CCCC1.